The maximum Gasteiger partial charge on any atom is 0.127 e. The van der Waals surface area contributed by atoms with Crippen molar-refractivity contribution in [2.45, 2.75) is 12.2 Å². The molecule has 2 atom stereocenters. The minimum atomic E-state index is -1.42. The summed E-state index contributed by atoms with van der Waals surface area (Å²) in [6, 6.07) is 2.97. The minimum absolute atomic E-state index is 0.0122. The number of halogens is 1. The van der Waals surface area contributed by atoms with E-state index in [1.807, 2.05) is 0 Å². The first-order valence-electron chi connectivity index (χ1n) is 4.41. The molecule has 0 radical (unpaired) electrons. The molecular formula is C9H10FN3O3. The molecule has 6 nitrogen and oxygen atoms in total. The predicted molar refractivity (Wildman–Crippen MR) is 53.0 cm³/mol. The molecule has 0 saturated heterocycles. The Morgan fingerprint density at radius 3 is 2.62 bits per heavy atom. The second-order valence-corrected chi connectivity index (χ2v) is 3.17. The number of phenolic OH excluding ortho intramolecular Hbond substituents is 1. The van der Waals surface area contributed by atoms with Crippen LogP contribution in [0.15, 0.2) is 23.3 Å². The van der Waals surface area contributed by atoms with Gasteiger partial charge in [0.1, 0.15) is 17.7 Å². The molecule has 0 amide bonds. The third-order valence-corrected chi connectivity index (χ3v) is 1.94. The van der Waals surface area contributed by atoms with Crippen LogP contribution >= 0.6 is 0 Å². The summed E-state index contributed by atoms with van der Waals surface area (Å²) in [4.78, 5) is 2.42. The lowest BCUT2D eigenvalue weighted by atomic mass is 10.0. The molecule has 3 N–H and O–H groups in total. The van der Waals surface area contributed by atoms with Gasteiger partial charge in [0.25, 0.3) is 0 Å². The molecule has 2 unspecified atom stereocenters. The van der Waals surface area contributed by atoms with Crippen molar-refractivity contribution in [3.8, 4) is 5.75 Å². The van der Waals surface area contributed by atoms with E-state index >= 15 is 0 Å². The lowest BCUT2D eigenvalue weighted by molar-refractivity contribution is 0.0241. The highest BCUT2D eigenvalue weighted by atomic mass is 19.1. The van der Waals surface area contributed by atoms with Crippen LogP contribution in [0.5, 0.6) is 5.75 Å². The fourth-order valence-electron chi connectivity index (χ4n) is 1.21. The van der Waals surface area contributed by atoms with E-state index in [4.69, 9.17) is 10.6 Å². The van der Waals surface area contributed by atoms with Crippen molar-refractivity contribution in [2.75, 3.05) is 6.54 Å². The summed E-state index contributed by atoms with van der Waals surface area (Å²) in [5, 5.41) is 31.1. The second-order valence-electron chi connectivity index (χ2n) is 3.17. The van der Waals surface area contributed by atoms with Crippen molar-refractivity contribution >= 4 is 0 Å². The van der Waals surface area contributed by atoms with Crippen LogP contribution in [-0.4, -0.2) is 28.0 Å². The molecule has 0 aromatic heterocycles. The van der Waals surface area contributed by atoms with E-state index in [-0.39, 0.29) is 17.9 Å². The molecule has 0 aliphatic rings. The number of aliphatic hydroxyl groups excluding tert-OH is 2. The fraction of sp³-hybridized carbons (Fsp3) is 0.333. The summed E-state index contributed by atoms with van der Waals surface area (Å²) in [6.07, 6.45) is -2.77. The van der Waals surface area contributed by atoms with E-state index in [1.165, 1.54) is 0 Å². The summed E-state index contributed by atoms with van der Waals surface area (Å²) in [7, 11) is 0. The number of hydrogen-bond acceptors (Lipinski definition) is 4. The molecule has 0 heterocycles. The molecular weight excluding hydrogens is 217 g/mol. The third-order valence-electron chi connectivity index (χ3n) is 1.94. The second kappa shape index (κ2) is 5.32. The monoisotopic (exact) mass is 227 g/mol. The Balaban J connectivity index is 2.86. The largest absolute Gasteiger partial charge is 0.508 e. The molecule has 1 rings (SSSR count). The Morgan fingerprint density at radius 2 is 2.06 bits per heavy atom. The van der Waals surface area contributed by atoms with Crippen molar-refractivity contribution in [2.24, 2.45) is 5.11 Å². The lowest BCUT2D eigenvalue weighted by Crippen LogP contribution is -2.21. The van der Waals surface area contributed by atoms with Gasteiger partial charge in [-0.25, -0.2) is 4.39 Å². The molecule has 16 heavy (non-hydrogen) atoms. The molecule has 0 fully saturated rings. The highest BCUT2D eigenvalue weighted by Crippen LogP contribution is 2.23. The van der Waals surface area contributed by atoms with E-state index < -0.39 is 18.0 Å². The summed E-state index contributed by atoms with van der Waals surface area (Å²) in [6.45, 7) is -0.338. The van der Waals surface area contributed by atoms with Gasteiger partial charge in [0.2, 0.25) is 0 Å². The molecule has 0 aliphatic heterocycles. The van der Waals surface area contributed by atoms with Gasteiger partial charge in [-0.15, -0.1) is 0 Å². The lowest BCUT2D eigenvalue weighted by Gasteiger charge is -2.16. The number of phenols is 1. The number of hydrogen-bond donors (Lipinski definition) is 3. The van der Waals surface area contributed by atoms with Crippen LogP contribution < -0.4 is 0 Å². The van der Waals surface area contributed by atoms with Gasteiger partial charge in [-0.05, 0) is 23.2 Å². The molecule has 7 heteroatoms. The first kappa shape index (κ1) is 12.3. The van der Waals surface area contributed by atoms with Crippen LogP contribution in [0.4, 0.5) is 4.39 Å². The number of azide groups is 1. The maximum absolute atomic E-state index is 12.9. The van der Waals surface area contributed by atoms with Crippen LogP contribution in [0.1, 0.15) is 11.7 Å². The van der Waals surface area contributed by atoms with Crippen LogP contribution in [-0.2, 0) is 0 Å². The molecule has 0 spiro atoms. The number of rotatable bonds is 4. The predicted octanol–water partition coefficient (Wildman–Crippen LogP) is 1.24. The van der Waals surface area contributed by atoms with Gasteiger partial charge in [0.05, 0.1) is 12.6 Å². The van der Waals surface area contributed by atoms with E-state index in [2.05, 4.69) is 10.0 Å². The van der Waals surface area contributed by atoms with Gasteiger partial charge in [0, 0.05) is 11.0 Å². The summed E-state index contributed by atoms with van der Waals surface area (Å²) in [5.41, 5.74) is 8.03. The number of nitrogens with zero attached hydrogens (tertiary/aromatic N) is 3. The Kier molecular flexibility index (Phi) is 4.07. The van der Waals surface area contributed by atoms with Crippen molar-refractivity contribution in [1.29, 1.82) is 0 Å². The highest BCUT2D eigenvalue weighted by molar-refractivity contribution is 5.30. The first-order chi connectivity index (χ1) is 7.54. The Hall–Kier alpha value is -1.82. The topological polar surface area (TPSA) is 109 Å². The molecule has 0 saturated carbocycles. The van der Waals surface area contributed by atoms with Crippen molar-refractivity contribution in [1.82, 2.24) is 0 Å². The summed E-state index contributed by atoms with van der Waals surface area (Å²) in [5.74, 6) is -1.09. The van der Waals surface area contributed by atoms with Gasteiger partial charge < -0.3 is 15.3 Å². The number of aromatic hydroxyl groups is 1. The molecule has 1 aromatic rings. The maximum atomic E-state index is 12.9. The minimum Gasteiger partial charge on any atom is -0.508 e. The van der Waals surface area contributed by atoms with E-state index in [0.717, 1.165) is 18.2 Å². The summed E-state index contributed by atoms with van der Waals surface area (Å²) >= 11 is 0. The van der Waals surface area contributed by atoms with Gasteiger partial charge in [-0.2, -0.15) is 0 Å². The summed E-state index contributed by atoms with van der Waals surface area (Å²) < 4.78 is 12.9. The van der Waals surface area contributed by atoms with Gasteiger partial charge in [-0.3, -0.25) is 0 Å². The highest BCUT2D eigenvalue weighted by Gasteiger charge is 2.18. The average Bonchev–Trinajstić information content (AvgIpc) is 2.23. The Labute approximate surface area is 90.2 Å². The standard InChI is InChI=1S/C9H10FN3O3/c10-6-1-5(2-7(14)3-6)9(16)8(15)4-12-13-11/h1-3,8-9,14-16H,4H2. The molecule has 0 aliphatic carbocycles. The van der Waals surface area contributed by atoms with Crippen molar-refractivity contribution < 1.29 is 19.7 Å². The van der Waals surface area contributed by atoms with Gasteiger partial charge in [-0.1, -0.05) is 5.11 Å². The van der Waals surface area contributed by atoms with Crippen LogP contribution in [0.2, 0.25) is 0 Å². The SMILES string of the molecule is [N-]=[N+]=NCC(O)C(O)c1cc(O)cc(F)c1. The van der Waals surface area contributed by atoms with Crippen LogP contribution in [0, 0.1) is 5.82 Å². The Morgan fingerprint density at radius 1 is 1.38 bits per heavy atom. The van der Waals surface area contributed by atoms with Crippen molar-refractivity contribution in [3.05, 3.63) is 40.0 Å². The van der Waals surface area contributed by atoms with E-state index in [9.17, 15) is 14.6 Å². The smallest absolute Gasteiger partial charge is 0.127 e. The van der Waals surface area contributed by atoms with E-state index in [0.29, 0.717) is 0 Å². The zero-order valence-corrected chi connectivity index (χ0v) is 8.16. The van der Waals surface area contributed by atoms with Gasteiger partial charge in [0.15, 0.2) is 0 Å². The normalized spacial score (nSPS) is 13.9. The fourth-order valence-corrected chi connectivity index (χ4v) is 1.21. The van der Waals surface area contributed by atoms with Crippen molar-refractivity contribution in [3.63, 3.8) is 0 Å². The third kappa shape index (κ3) is 3.09. The number of benzene rings is 1. The molecule has 86 valence electrons. The zero-order chi connectivity index (χ0) is 12.1. The Bertz CT molecular complexity index is 400. The van der Waals surface area contributed by atoms with Gasteiger partial charge >= 0.3 is 0 Å². The number of aliphatic hydroxyl groups is 2. The first-order valence-corrected chi connectivity index (χ1v) is 4.41. The van der Waals surface area contributed by atoms with Crippen LogP contribution in [0.3, 0.4) is 0 Å². The quantitative estimate of drug-likeness (QED) is 0.408. The van der Waals surface area contributed by atoms with Crippen LogP contribution in [0.25, 0.3) is 10.4 Å². The molecule has 0 bridgehead atoms. The zero-order valence-electron chi connectivity index (χ0n) is 8.16. The molecule has 1 aromatic carbocycles. The van der Waals surface area contributed by atoms with E-state index in [1.54, 1.807) is 0 Å². The average molecular weight is 227 g/mol.